The molecule has 1 aromatic carbocycles. The van der Waals surface area contributed by atoms with Gasteiger partial charge in [-0.2, -0.15) is 0 Å². The third-order valence-electron chi connectivity index (χ3n) is 3.98. The molecule has 0 radical (unpaired) electrons. The average Bonchev–Trinajstić information content (AvgIpc) is 2.86. The van der Waals surface area contributed by atoms with Gasteiger partial charge in [-0.3, -0.25) is 4.79 Å². The summed E-state index contributed by atoms with van der Waals surface area (Å²) in [6.45, 7) is 0.131. The minimum absolute atomic E-state index is 0.0813. The molecule has 0 saturated heterocycles. The van der Waals surface area contributed by atoms with Crippen LogP contribution in [0.5, 0.6) is 5.75 Å². The zero-order chi connectivity index (χ0) is 14.6. The SMILES string of the molecule is CNC1(C(=O)O)CCC(Oc2ccc(CCO)cc2)C1. The van der Waals surface area contributed by atoms with Crippen LogP contribution < -0.4 is 10.1 Å². The van der Waals surface area contributed by atoms with Gasteiger partial charge in [-0.15, -0.1) is 0 Å². The highest BCUT2D eigenvalue weighted by Gasteiger charge is 2.45. The van der Waals surface area contributed by atoms with Crippen molar-refractivity contribution in [3.05, 3.63) is 29.8 Å². The van der Waals surface area contributed by atoms with Gasteiger partial charge in [0.25, 0.3) is 0 Å². The summed E-state index contributed by atoms with van der Waals surface area (Å²) in [5.41, 5.74) is 0.197. The van der Waals surface area contributed by atoms with Gasteiger partial charge in [0.1, 0.15) is 17.4 Å². The number of likely N-dealkylation sites (N-methyl/N-ethyl adjacent to an activating group) is 1. The minimum atomic E-state index is -0.860. The van der Waals surface area contributed by atoms with Crippen molar-refractivity contribution in [3.8, 4) is 5.75 Å². The van der Waals surface area contributed by atoms with Gasteiger partial charge in [-0.05, 0) is 44.0 Å². The number of rotatable bonds is 6. The monoisotopic (exact) mass is 279 g/mol. The van der Waals surface area contributed by atoms with E-state index in [0.29, 0.717) is 19.3 Å². The zero-order valence-corrected chi connectivity index (χ0v) is 11.6. The summed E-state index contributed by atoms with van der Waals surface area (Å²) in [6, 6.07) is 7.57. The van der Waals surface area contributed by atoms with Gasteiger partial charge < -0.3 is 20.3 Å². The van der Waals surface area contributed by atoms with Gasteiger partial charge in [0.2, 0.25) is 0 Å². The van der Waals surface area contributed by atoms with E-state index in [-0.39, 0.29) is 12.7 Å². The van der Waals surface area contributed by atoms with Crippen molar-refractivity contribution >= 4 is 5.97 Å². The molecule has 2 unspecified atom stereocenters. The molecule has 5 heteroatoms. The topological polar surface area (TPSA) is 78.8 Å². The number of carboxylic acids is 1. The quantitative estimate of drug-likeness (QED) is 0.729. The minimum Gasteiger partial charge on any atom is -0.490 e. The molecule has 3 N–H and O–H groups in total. The lowest BCUT2D eigenvalue weighted by Gasteiger charge is -2.23. The molecule has 2 atom stereocenters. The molecule has 110 valence electrons. The van der Waals surface area contributed by atoms with Crippen LogP contribution in [-0.4, -0.2) is 41.5 Å². The molecule has 0 aliphatic heterocycles. The van der Waals surface area contributed by atoms with Gasteiger partial charge in [0.05, 0.1) is 0 Å². The molecule has 1 fully saturated rings. The fraction of sp³-hybridized carbons (Fsp3) is 0.533. The van der Waals surface area contributed by atoms with Crippen molar-refractivity contribution in [1.82, 2.24) is 5.32 Å². The fourth-order valence-corrected chi connectivity index (χ4v) is 2.69. The Morgan fingerprint density at radius 3 is 2.65 bits per heavy atom. The Balaban J connectivity index is 1.96. The second-order valence-electron chi connectivity index (χ2n) is 5.24. The molecule has 0 heterocycles. The van der Waals surface area contributed by atoms with Crippen LogP contribution in [0.15, 0.2) is 24.3 Å². The highest BCUT2D eigenvalue weighted by molar-refractivity contribution is 5.79. The first kappa shape index (κ1) is 14.8. The molecule has 0 spiro atoms. The summed E-state index contributed by atoms with van der Waals surface area (Å²) >= 11 is 0. The third kappa shape index (κ3) is 3.11. The van der Waals surface area contributed by atoms with Crippen LogP contribution in [0.1, 0.15) is 24.8 Å². The first-order chi connectivity index (χ1) is 9.59. The van der Waals surface area contributed by atoms with Crippen molar-refractivity contribution in [2.45, 2.75) is 37.3 Å². The van der Waals surface area contributed by atoms with Crippen molar-refractivity contribution in [2.75, 3.05) is 13.7 Å². The molecule has 1 aliphatic rings. The standard InChI is InChI=1S/C15H21NO4/c1-16-15(14(18)19)8-6-13(10-15)20-12-4-2-11(3-5-12)7-9-17/h2-5,13,16-17H,6-10H2,1H3,(H,18,19). The normalized spacial score (nSPS) is 25.6. The Kier molecular flexibility index (Phi) is 4.62. The molecule has 5 nitrogen and oxygen atoms in total. The smallest absolute Gasteiger partial charge is 0.324 e. The number of hydrogen-bond donors (Lipinski definition) is 3. The lowest BCUT2D eigenvalue weighted by atomic mass is 9.98. The lowest BCUT2D eigenvalue weighted by molar-refractivity contribution is -0.144. The van der Waals surface area contributed by atoms with Crippen LogP contribution >= 0.6 is 0 Å². The van der Waals surface area contributed by atoms with E-state index >= 15 is 0 Å². The molecule has 1 aliphatic carbocycles. The van der Waals surface area contributed by atoms with Gasteiger partial charge in [-0.1, -0.05) is 12.1 Å². The zero-order valence-electron chi connectivity index (χ0n) is 11.6. The number of carbonyl (C=O) groups is 1. The van der Waals surface area contributed by atoms with Crippen molar-refractivity contribution in [3.63, 3.8) is 0 Å². The number of hydrogen-bond acceptors (Lipinski definition) is 4. The summed E-state index contributed by atoms with van der Waals surface area (Å²) in [6.07, 6.45) is 2.32. The summed E-state index contributed by atoms with van der Waals surface area (Å²) in [7, 11) is 1.68. The average molecular weight is 279 g/mol. The van der Waals surface area contributed by atoms with Crippen LogP contribution in [-0.2, 0) is 11.2 Å². The molecular weight excluding hydrogens is 258 g/mol. The van der Waals surface area contributed by atoms with Gasteiger partial charge in [0.15, 0.2) is 0 Å². The molecule has 0 aromatic heterocycles. The van der Waals surface area contributed by atoms with E-state index in [9.17, 15) is 9.90 Å². The first-order valence-electron chi connectivity index (χ1n) is 6.88. The molecule has 20 heavy (non-hydrogen) atoms. The summed E-state index contributed by atoms with van der Waals surface area (Å²) < 4.78 is 5.85. The highest BCUT2D eigenvalue weighted by Crippen LogP contribution is 2.32. The van der Waals surface area contributed by atoms with Crippen LogP contribution in [0, 0.1) is 0 Å². The number of carboxylic acid groups (broad SMARTS) is 1. The number of aliphatic carboxylic acids is 1. The Labute approximate surface area is 118 Å². The molecule has 2 rings (SSSR count). The number of ether oxygens (including phenoxy) is 1. The predicted octanol–water partition coefficient (Wildman–Crippen LogP) is 1.20. The van der Waals surface area contributed by atoms with E-state index in [1.165, 1.54) is 0 Å². The second kappa shape index (κ2) is 6.24. The van der Waals surface area contributed by atoms with E-state index in [4.69, 9.17) is 9.84 Å². The molecule has 0 bridgehead atoms. The summed E-state index contributed by atoms with van der Waals surface area (Å²) in [5.74, 6) is -0.0709. The van der Waals surface area contributed by atoms with Crippen LogP contribution in [0.3, 0.4) is 0 Å². The van der Waals surface area contributed by atoms with Crippen LogP contribution in [0.2, 0.25) is 0 Å². The van der Waals surface area contributed by atoms with Crippen LogP contribution in [0.4, 0.5) is 0 Å². The van der Waals surface area contributed by atoms with Gasteiger partial charge in [-0.25, -0.2) is 0 Å². The van der Waals surface area contributed by atoms with Crippen molar-refractivity contribution in [1.29, 1.82) is 0 Å². The summed E-state index contributed by atoms with van der Waals surface area (Å²) in [5, 5.41) is 21.1. The number of aliphatic hydroxyl groups is 1. The van der Waals surface area contributed by atoms with Crippen LogP contribution in [0.25, 0.3) is 0 Å². The van der Waals surface area contributed by atoms with Crippen molar-refractivity contribution < 1.29 is 19.7 Å². The molecular formula is C15H21NO4. The Morgan fingerprint density at radius 1 is 1.45 bits per heavy atom. The second-order valence-corrected chi connectivity index (χ2v) is 5.24. The van der Waals surface area contributed by atoms with Crippen molar-refractivity contribution in [2.24, 2.45) is 0 Å². The first-order valence-corrected chi connectivity index (χ1v) is 6.88. The van der Waals surface area contributed by atoms with E-state index in [1.54, 1.807) is 7.05 Å². The Morgan fingerprint density at radius 2 is 2.15 bits per heavy atom. The van der Waals surface area contributed by atoms with Gasteiger partial charge in [0, 0.05) is 13.0 Å². The fourth-order valence-electron chi connectivity index (χ4n) is 2.69. The number of aliphatic hydroxyl groups excluding tert-OH is 1. The lowest BCUT2D eigenvalue weighted by Crippen LogP contribution is -2.48. The van der Waals surface area contributed by atoms with E-state index in [0.717, 1.165) is 17.7 Å². The maximum Gasteiger partial charge on any atom is 0.324 e. The van der Waals surface area contributed by atoms with Gasteiger partial charge >= 0.3 is 5.97 Å². The molecule has 0 amide bonds. The third-order valence-corrected chi connectivity index (χ3v) is 3.98. The summed E-state index contributed by atoms with van der Waals surface area (Å²) in [4.78, 5) is 11.3. The van der Waals surface area contributed by atoms with E-state index in [1.807, 2.05) is 24.3 Å². The number of nitrogens with one attached hydrogen (secondary N) is 1. The maximum atomic E-state index is 11.3. The Hall–Kier alpha value is -1.59. The predicted molar refractivity (Wildman–Crippen MR) is 74.9 cm³/mol. The highest BCUT2D eigenvalue weighted by atomic mass is 16.5. The maximum absolute atomic E-state index is 11.3. The Bertz CT molecular complexity index is 459. The van der Waals surface area contributed by atoms with E-state index < -0.39 is 11.5 Å². The number of benzene rings is 1. The van der Waals surface area contributed by atoms with E-state index in [2.05, 4.69) is 5.32 Å². The molecule has 1 aromatic rings. The molecule has 1 saturated carbocycles. The largest absolute Gasteiger partial charge is 0.490 e.